The van der Waals surface area contributed by atoms with E-state index >= 15 is 0 Å². The number of anilines is 1. The van der Waals surface area contributed by atoms with Gasteiger partial charge in [-0.05, 0) is 36.9 Å². The van der Waals surface area contributed by atoms with Crippen LogP contribution >= 0.6 is 23.4 Å². The number of benzene rings is 2. The number of nitrogens with one attached hydrogen (secondary N) is 2. The number of hydrogen-bond acceptors (Lipinski definition) is 5. The van der Waals surface area contributed by atoms with E-state index in [0.29, 0.717) is 28.2 Å². The average molecular weight is 403 g/mol. The molecule has 0 saturated carbocycles. The highest BCUT2D eigenvalue weighted by molar-refractivity contribution is 7.98. The summed E-state index contributed by atoms with van der Waals surface area (Å²) in [5.41, 5.74) is 1.35. The first kappa shape index (κ1) is 19.3. The molecule has 0 radical (unpaired) electrons. The minimum absolute atomic E-state index is 0.0487. The van der Waals surface area contributed by atoms with Gasteiger partial charge in [0.1, 0.15) is 5.56 Å². The lowest BCUT2D eigenvalue weighted by molar-refractivity contribution is 0.0525. The summed E-state index contributed by atoms with van der Waals surface area (Å²) < 4.78 is 5.08. The van der Waals surface area contributed by atoms with E-state index < -0.39 is 11.5 Å². The zero-order chi connectivity index (χ0) is 19.4. The number of esters is 1. The first-order valence-corrected chi connectivity index (χ1v) is 10.0. The number of carbonyl (C=O) groups excluding carboxylic acids is 1. The van der Waals surface area contributed by atoms with Gasteiger partial charge in [-0.2, -0.15) is 0 Å². The first-order valence-electron chi connectivity index (χ1n) is 8.43. The van der Waals surface area contributed by atoms with Crippen molar-refractivity contribution < 1.29 is 9.53 Å². The molecule has 3 aromatic rings. The van der Waals surface area contributed by atoms with Gasteiger partial charge in [-0.15, -0.1) is 11.8 Å². The van der Waals surface area contributed by atoms with Crippen LogP contribution in [0.5, 0.6) is 0 Å². The molecule has 3 rings (SSSR count). The van der Waals surface area contributed by atoms with E-state index in [1.165, 1.54) is 4.90 Å². The molecule has 27 heavy (non-hydrogen) atoms. The molecule has 140 valence electrons. The number of H-pyrrole nitrogens is 1. The van der Waals surface area contributed by atoms with Gasteiger partial charge in [0.2, 0.25) is 0 Å². The molecule has 0 atom stereocenters. The van der Waals surface area contributed by atoms with Crippen LogP contribution in [0.4, 0.5) is 5.69 Å². The van der Waals surface area contributed by atoms with Crippen molar-refractivity contribution in [2.45, 2.75) is 18.4 Å². The molecule has 0 bridgehead atoms. The molecule has 2 aromatic carbocycles. The Labute approximate surface area is 166 Å². The van der Waals surface area contributed by atoms with Gasteiger partial charge in [-0.25, -0.2) is 4.79 Å². The highest BCUT2D eigenvalue weighted by Gasteiger charge is 2.21. The number of halogens is 1. The number of carbonyl (C=O) groups is 1. The Morgan fingerprint density at radius 1 is 1.22 bits per heavy atom. The SMILES string of the molecule is CCOC(=O)c1c(NCc2ccc(SC)cc2)c2cccc(Cl)c2[nH]c1=O. The largest absolute Gasteiger partial charge is 0.462 e. The van der Waals surface area contributed by atoms with E-state index in [9.17, 15) is 9.59 Å². The average Bonchev–Trinajstić information content (AvgIpc) is 2.67. The van der Waals surface area contributed by atoms with Crippen LogP contribution in [0.3, 0.4) is 0 Å². The van der Waals surface area contributed by atoms with Crippen LogP contribution in [-0.2, 0) is 11.3 Å². The molecular formula is C20H19ClN2O3S. The van der Waals surface area contributed by atoms with Gasteiger partial charge in [0, 0.05) is 16.8 Å². The third kappa shape index (κ3) is 4.12. The monoisotopic (exact) mass is 402 g/mol. The highest BCUT2D eigenvalue weighted by atomic mass is 35.5. The fraction of sp³-hybridized carbons (Fsp3) is 0.200. The zero-order valence-electron chi connectivity index (χ0n) is 15.0. The number of aromatic amines is 1. The van der Waals surface area contributed by atoms with Crippen LogP contribution in [0, 0.1) is 0 Å². The van der Waals surface area contributed by atoms with E-state index in [2.05, 4.69) is 10.3 Å². The van der Waals surface area contributed by atoms with Crippen molar-refractivity contribution in [3.63, 3.8) is 0 Å². The Hall–Kier alpha value is -2.44. The lowest BCUT2D eigenvalue weighted by Crippen LogP contribution is -2.23. The number of para-hydroxylation sites is 1. The second kappa shape index (κ2) is 8.50. The van der Waals surface area contributed by atoms with Gasteiger partial charge in [0.25, 0.3) is 5.56 Å². The second-order valence-electron chi connectivity index (χ2n) is 5.79. The van der Waals surface area contributed by atoms with Crippen molar-refractivity contribution in [1.29, 1.82) is 0 Å². The quantitative estimate of drug-likeness (QED) is 0.462. The number of fused-ring (bicyclic) bond motifs is 1. The van der Waals surface area contributed by atoms with E-state index in [0.717, 1.165) is 5.56 Å². The summed E-state index contributed by atoms with van der Waals surface area (Å²) in [7, 11) is 0. The Balaban J connectivity index is 2.06. The molecule has 0 aliphatic carbocycles. The summed E-state index contributed by atoms with van der Waals surface area (Å²) in [5.74, 6) is -0.666. The molecular weight excluding hydrogens is 384 g/mol. The summed E-state index contributed by atoms with van der Waals surface area (Å²) >= 11 is 7.90. The van der Waals surface area contributed by atoms with E-state index in [1.54, 1.807) is 36.9 Å². The number of ether oxygens (including phenoxy) is 1. The van der Waals surface area contributed by atoms with Crippen molar-refractivity contribution in [3.8, 4) is 0 Å². The smallest absolute Gasteiger partial charge is 0.345 e. The first-order chi connectivity index (χ1) is 13.0. The molecule has 0 aliphatic rings. The Morgan fingerprint density at radius 3 is 2.63 bits per heavy atom. The molecule has 0 spiro atoms. The van der Waals surface area contributed by atoms with E-state index in [4.69, 9.17) is 16.3 Å². The van der Waals surface area contributed by atoms with Crippen LogP contribution in [0.15, 0.2) is 52.2 Å². The van der Waals surface area contributed by atoms with Crippen molar-refractivity contribution in [3.05, 3.63) is 69.0 Å². The molecule has 0 saturated heterocycles. The molecule has 0 amide bonds. The fourth-order valence-corrected chi connectivity index (χ4v) is 3.43. The maximum Gasteiger partial charge on any atom is 0.345 e. The van der Waals surface area contributed by atoms with Crippen LogP contribution in [-0.4, -0.2) is 23.8 Å². The maximum atomic E-state index is 12.6. The summed E-state index contributed by atoms with van der Waals surface area (Å²) in [6.45, 7) is 2.33. The summed E-state index contributed by atoms with van der Waals surface area (Å²) in [6.07, 6.45) is 2.02. The minimum atomic E-state index is -0.666. The molecule has 0 aliphatic heterocycles. The fourth-order valence-electron chi connectivity index (χ4n) is 2.80. The lowest BCUT2D eigenvalue weighted by atomic mass is 10.1. The van der Waals surface area contributed by atoms with Gasteiger partial charge >= 0.3 is 5.97 Å². The summed E-state index contributed by atoms with van der Waals surface area (Å²) in [4.78, 5) is 28.8. The third-order valence-corrected chi connectivity index (χ3v) is 5.16. The normalized spacial score (nSPS) is 10.8. The van der Waals surface area contributed by atoms with Crippen molar-refractivity contribution in [1.82, 2.24) is 4.98 Å². The molecule has 2 N–H and O–H groups in total. The van der Waals surface area contributed by atoms with Gasteiger partial charge in [-0.3, -0.25) is 4.79 Å². The number of aromatic nitrogens is 1. The Morgan fingerprint density at radius 2 is 1.96 bits per heavy atom. The van der Waals surface area contributed by atoms with Crippen LogP contribution < -0.4 is 10.9 Å². The number of pyridine rings is 1. The Kier molecular flexibility index (Phi) is 6.08. The van der Waals surface area contributed by atoms with E-state index in [1.807, 2.05) is 30.5 Å². The summed E-state index contributed by atoms with van der Waals surface area (Å²) in [5, 5.41) is 4.30. The highest BCUT2D eigenvalue weighted by Crippen LogP contribution is 2.29. The van der Waals surface area contributed by atoms with Crippen LogP contribution in [0.2, 0.25) is 5.02 Å². The standard InChI is InChI=1S/C20H19ClN2O3S/c1-3-26-20(25)16-18(22-11-12-7-9-13(27-2)10-8-12)14-5-4-6-15(21)17(14)23-19(16)24/h4-10H,3,11H2,1-2H3,(H2,22,23,24). The lowest BCUT2D eigenvalue weighted by Gasteiger charge is -2.15. The minimum Gasteiger partial charge on any atom is -0.462 e. The predicted octanol–water partition coefficient (Wildman–Crippen LogP) is 4.69. The predicted molar refractivity (Wildman–Crippen MR) is 111 cm³/mol. The molecule has 0 fully saturated rings. The number of hydrogen-bond donors (Lipinski definition) is 2. The molecule has 7 heteroatoms. The maximum absolute atomic E-state index is 12.6. The van der Waals surface area contributed by atoms with Gasteiger partial charge in [0.15, 0.2) is 0 Å². The van der Waals surface area contributed by atoms with Crippen molar-refractivity contribution in [2.75, 3.05) is 18.2 Å². The van der Waals surface area contributed by atoms with Crippen LogP contribution in [0.1, 0.15) is 22.8 Å². The van der Waals surface area contributed by atoms with Crippen LogP contribution in [0.25, 0.3) is 10.9 Å². The van der Waals surface area contributed by atoms with Crippen molar-refractivity contribution in [2.24, 2.45) is 0 Å². The topological polar surface area (TPSA) is 71.2 Å². The van der Waals surface area contributed by atoms with Gasteiger partial charge in [0.05, 0.1) is 22.8 Å². The molecule has 1 aromatic heterocycles. The summed E-state index contributed by atoms with van der Waals surface area (Å²) in [6, 6.07) is 13.3. The van der Waals surface area contributed by atoms with Gasteiger partial charge in [-0.1, -0.05) is 35.9 Å². The van der Waals surface area contributed by atoms with E-state index in [-0.39, 0.29) is 12.2 Å². The second-order valence-corrected chi connectivity index (χ2v) is 7.08. The zero-order valence-corrected chi connectivity index (χ0v) is 16.5. The molecule has 1 heterocycles. The number of rotatable bonds is 6. The van der Waals surface area contributed by atoms with Crippen molar-refractivity contribution >= 4 is 45.9 Å². The molecule has 0 unspecified atom stereocenters. The molecule has 5 nitrogen and oxygen atoms in total. The van der Waals surface area contributed by atoms with Gasteiger partial charge < -0.3 is 15.0 Å². The Bertz CT molecular complexity index is 1030. The number of thioether (sulfide) groups is 1. The third-order valence-electron chi connectivity index (χ3n) is 4.11.